The van der Waals surface area contributed by atoms with Crippen LogP contribution in [0, 0.1) is 13.8 Å². The summed E-state index contributed by atoms with van der Waals surface area (Å²) in [6, 6.07) is 11.9. The molecule has 1 saturated heterocycles. The van der Waals surface area contributed by atoms with E-state index in [-0.39, 0.29) is 12.5 Å². The molecule has 0 atom stereocenters. The molecule has 0 saturated carbocycles. The highest BCUT2D eigenvalue weighted by Crippen LogP contribution is 2.24. The second-order valence-corrected chi connectivity index (χ2v) is 7.30. The molecule has 1 fully saturated rings. The van der Waals surface area contributed by atoms with Crippen molar-refractivity contribution in [2.45, 2.75) is 33.3 Å². The zero-order valence-electron chi connectivity index (χ0n) is 16.4. The highest BCUT2D eigenvalue weighted by Gasteiger charge is 2.22. The summed E-state index contributed by atoms with van der Waals surface area (Å²) in [4.78, 5) is 37.9. The van der Waals surface area contributed by atoms with E-state index in [0.29, 0.717) is 29.7 Å². The van der Waals surface area contributed by atoms with E-state index in [0.717, 1.165) is 28.6 Å². The van der Waals surface area contributed by atoms with Gasteiger partial charge in [-0.05, 0) is 67.8 Å². The Morgan fingerprint density at radius 2 is 1.79 bits per heavy atom. The smallest absolute Gasteiger partial charge is 0.338 e. The molecule has 0 spiro atoms. The van der Waals surface area contributed by atoms with Crippen molar-refractivity contribution in [2.75, 3.05) is 11.4 Å². The predicted octanol–water partition coefficient (Wildman–Crippen LogP) is 3.89. The lowest BCUT2D eigenvalue weighted by atomic mass is 10.0. The van der Waals surface area contributed by atoms with Gasteiger partial charge in [0.1, 0.15) is 12.2 Å². The molecule has 29 heavy (non-hydrogen) atoms. The summed E-state index contributed by atoms with van der Waals surface area (Å²) in [6.45, 7) is 4.59. The monoisotopic (exact) mass is 391 g/mol. The number of carbonyl (C=O) groups is 2. The van der Waals surface area contributed by atoms with Crippen molar-refractivity contribution in [3.63, 3.8) is 0 Å². The van der Waals surface area contributed by atoms with Crippen LogP contribution in [0.5, 0.6) is 0 Å². The standard InChI is InChI=1S/C23H21NO5/c1-14-10-19-17(12-22(26)29-20(19)11-15(14)2)13-28-23(27)16-5-7-18(8-6-16)24-9-3-4-21(24)25/h5-8,10-12H,3-4,9,13H2,1-2H3. The van der Waals surface area contributed by atoms with Crippen LogP contribution in [0.3, 0.4) is 0 Å². The third-order valence-electron chi connectivity index (χ3n) is 5.29. The molecule has 6 nitrogen and oxygen atoms in total. The lowest BCUT2D eigenvalue weighted by Crippen LogP contribution is -2.23. The molecule has 0 bridgehead atoms. The number of fused-ring (bicyclic) bond motifs is 1. The van der Waals surface area contributed by atoms with E-state index < -0.39 is 11.6 Å². The van der Waals surface area contributed by atoms with Crippen molar-refractivity contribution in [2.24, 2.45) is 0 Å². The van der Waals surface area contributed by atoms with Crippen molar-refractivity contribution >= 4 is 28.5 Å². The molecule has 0 aliphatic carbocycles. The van der Waals surface area contributed by atoms with Crippen LogP contribution >= 0.6 is 0 Å². The van der Waals surface area contributed by atoms with Gasteiger partial charge >= 0.3 is 11.6 Å². The second-order valence-electron chi connectivity index (χ2n) is 7.30. The summed E-state index contributed by atoms with van der Waals surface area (Å²) < 4.78 is 10.7. The largest absolute Gasteiger partial charge is 0.457 e. The number of anilines is 1. The summed E-state index contributed by atoms with van der Waals surface area (Å²) in [6.07, 6.45) is 1.41. The lowest BCUT2D eigenvalue weighted by Gasteiger charge is -2.15. The van der Waals surface area contributed by atoms with Gasteiger partial charge in [-0.2, -0.15) is 0 Å². The maximum Gasteiger partial charge on any atom is 0.338 e. The molecule has 0 N–H and O–H groups in total. The van der Waals surface area contributed by atoms with Gasteiger partial charge in [-0.1, -0.05) is 0 Å². The SMILES string of the molecule is Cc1cc2oc(=O)cc(COC(=O)c3ccc(N4CCCC4=O)cc3)c2cc1C. The fourth-order valence-corrected chi connectivity index (χ4v) is 3.53. The maximum absolute atomic E-state index is 12.5. The molecular formula is C23H21NO5. The minimum Gasteiger partial charge on any atom is -0.457 e. The van der Waals surface area contributed by atoms with Crippen molar-refractivity contribution < 1.29 is 18.7 Å². The molecular weight excluding hydrogens is 370 g/mol. The second kappa shape index (κ2) is 7.54. The Balaban J connectivity index is 1.52. The van der Waals surface area contributed by atoms with E-state index in [1.54, 1.807) is 29.2 Å². The first kappa shape index (κ1) is 18.9. The molecule has 1 aromatic heterocycles. The van der Waals surface area contributed by atoms with E-state index in [9.17, 15) is 14.4 Å². The first-order valence-corrected chi connectivity index (χ1v) is 9.54. The Kier molecular flexibility index (Phi) is 4.92. The van der Waals surface area contributed by atoms with E-state index in [4.69, 9.17) is 9.15 Å². The average Bonchev–Trinajstić information content (AvgIpc) is 3.13. The zero-order valence-corrected chi connectivity index (χ0v) is 16.4. The lowest BCUT2D eigenvalue weighted by molar-refractivity contribution is -0.117. The van der Waals surface area contributed by atoms with Crippen LogP contribution < -0.4 is 10.5 Å². The Morgan fingerprint density at radius 1 is 1.07 bits per heavy atom. The Hall–Kier alpha value is -3.41. The molecule has 2 heterocycles. The van der Waals surface area contributed by atoms with Gasteiger partial charge in [-0.3, -0.25) is 4.79 Å². The first-order valence-electron chi connectivity index (χ1n) is 9.54. The van der Waals surface area contributed by atoms with Crippen LogP contribution in [0.15, 0.2) is 51.7 Å². The van der Waals surface area contributed by atoms with Gasteiger partial charge in [0.15, 0.2) is 0 Å². The topological polar surface area (TPSA) is 76.8 Å². The van der Waals surface area contributed by atoms with Crippen molar-refractivity contribution in [3.8, 4) is 0 Å². The summed E-state index contributed by atoms with van der Waals surface area (Å²) in [5, 5.41) is 0.753. The number of nitrogens with zero attached hydrogens (tertiary/aromatic N) is 1. The minimum atomic E-state index is -0.491. The van der Waals surface area contributed by atoms with Gasteiger partial charge in [-0.25, -0.2) is 9.59 Å². The summed E-state index contributed by atoms with van der Waals surface area (Å²) in [5.41, 5.74) is 3.85. The van der Waals surface area contributed by atoms with E-state index >= 15 is 0 Å². The van der Waals surface area contributed by atoms with E-state index in [2.05, 4.69) is 0 Å². The van der Waals surface area contributed by atoms with Gasteiger partial charge in [0.05, 0.1) is 5.56 Å². The number of hydrogen-bond donors (Lipinski definition) is 0. The van der Waals surface area contributed by atoms with Crippen LogP contribution in [-0.4, -0.2) is 18.4 Å². The van der Waals surface area contributed by atoms with Crippen LogP contribution in [-0.2, 0) is 16.1 Å². The van der Waals surface area contributed by atoms with Crippen molar-refractivity contribution in [1.29, 1.82) is 0 Å². The number of rotatable bonds is 4. The number of aryl methyl sites for hydroxylation is 2. The van der Waals surface area contributed by atoms with E-state index in [1.807, 2.05) is 26.0 Å². The Labute approximate surface area is 167 Å². The summed E-state index contributed by atoms with van der Waals surface area (Å²) in [7, 11) is 0. The van der Waals surface area contributed by atoms with Crippen LogP contribution in [0.25, 0.3) is 11.0 Å². The number of ether oxygens (including phenoxy) is 1. The molecule has 6 heteroatoms. The third kappa shape index (κ3) is 3.78. The predicted molar refractivity (Wildman–Crippen MR) is 109 cm³/mol. The molecule has 3 aromatic rings. The minimum absolute atomic E-state index is 0.0319. The number of carbonyl (C=O) groups excluding carboxylic acids is 2. The van der Waals surface area contributed by atoms with E-state index in [1.165, 1.54) is 6.07 Å². The molecule has 1 aliphatic heterocycles. The molecule has 148 valence electrons. The average molecular weight is 391 g/mol. The van der Waals surface area contributed by atoms with Gasteiger partial charge in [0.2, 0.25) is 5.91 Å². The number of benzene rings is 2. The van der Waals surface area contributed by atoms with Gasteiger partial charge in [0, 0.05) is 35.7 Å². The number of hydrogen-bond acceptors (Lipinski definition) is 5. The summed E-state index contributed by atoms with van der Waals surface area (Å²) >= 11 is 0. The van der Waals surface area contributed by atoms with Gasteiger partial charge < -0.3 is 14.1 Å². The van der Waals surface area contributed by atoms with Crippen LogP contribution in [0.4, 0.5) is 5.69 Å². The fourth-order valence-electron chi connectivity index (χ4n) is 3.53. The Bertz CT molecular complexity index is 1160. The number of esters is 1. The number of amides is 1. The molecule has 2 aromatic carbocycles. The van der Waals surface area contributed by atoms with Crippen molar-refractivity contribution in [3.05, 3.63) is 75.1 Å². The quantitative estimate of drug-likeness (QED) is 0.498. The summed E-state index contributed by atoms with van der Waals surface area (Å²) in [5.74, 6) is -0.393. The van der Waals surface area contributed by atoms with Crippen LogP contribution in [0.1, 0.15) is 39.9 Å². The zero-order chi connectivity index (χ0) is 20.5. The third-order valence-corrected chi connectivity index (χ3v) is 5.29. The van der Waals surface area contributed by atoms with Crippen molar-refractivity contribution in [1.82, 2.24) is 0 Å². The fraction of sp³-hybridized carbons (Fsp3) is 0.261. The Morgan fingerprint density at radius 3 is 2.48 bits per heavy atom. The first-order chi connectivity index (χ1) is 13.9. The molecule has 1 aliphatic rings. The van der Waals surface area contributed by atoms with Crippen LogP contribution in [0.2, 0.25) is 0 Å². The molecule has 0 unspecified atom stereocenters. The molecule has 0 radical (unpaired) electrons. The maximum atomic E-state index is 12.5. The highest BCUT2D eigenvalue weighted by molar-refractivity contribution is 5.96. The molecule has 4 rings (SSSR count). The molecule has 1 amide bonds. The van der Waals surface area contributed by atoms with Gasteiger partial charge in [0.25, 0.3) is 0 Å². The normalized spacial score (nSPS) is 13.9. The highest BCUT2D eigenvalue weighted by atomic mass is 16.5. The van der Waals surface area contributed by atoms with Gasteiger partial charge in [-0.15, -0.1) is 0 Å².